The van der Waals surface area contributed by atoms with Crippen LogP contribution in [0.1, 0.15) is 425 Å². The molecule has 10 heteroatoms. The van der Waals surface area contributed by atoms with E-state index in [1.165, 1.54) is 308 Å². The van der Waals surface area contributed by atoms with Crippen LogP contribution in [-0.2, 0) is 32.7 Å². The Morgan fingerprint density at radius 2 is 0.570 bits per heavy atom. The van der Waals surface area contributed by atoms with Crippen molar-refractivity contribution in [1.29, 1.82) is 0 Å². The molecule has 0 saturated carbocycles. The predicted molar refractivity (Wildman–Crippen MR) is 436 cm³/mol. The number of phosphoric ester groups is 1. The van der Waals surface area contributed by atoms with E-state index >= 15 is 0 Å². The zero-order valence-electron chi connectivity index (χ0n) is 66.9. The van der Waals surface area contributed by atoms with E-state index in [0.717, 1.165) is 83.5 Å². The van der Waals surface area contributed by atoms with Gasteiger partial charge in [0.25, 0.3) is 0 Å². The van der Waals surface area contributed by atoms with Gasteiger partial charge in [-0.15, -0.1) is 0 Å². The maximum atomic E-state index is 12.9. The molecule has 0 aliphatic heterocycles. The standard InChI is InChI=1S/C90H166NO8P/c1-6-8-10-12-14-16-18-20-22-24-26-28-30-32-34-36-38-40-42-43-44-45-46-47-49-50-52-54-56-58-60-62-64-66-68-70-72-74-76-78-80-82-89(92)96-86-88(87-98-100(94,95)97-85-84-91(3,4)5)99-90(93)83-81-79-77-75-73-71-69-67-65-63-61-59-57-55-53-51-48-41-39-37-35-33-31-29-27-25-23-21-19-17-15-13-11-9-7-2/h9,11,15,17,21,23,27,29,33,35,39,41,51,53,88H,6-8,10,12-14,16,18-20,22,24-26,28,30-32,34,36-38,40,42-50,52,54-87H2,1-5H3/p+1/b11-9-,17-15-,23-21-,29-27-,35-33-,41-39-,53-51-. The largest absolute Gasteiger partial charge is 0.472 e. The third-order valence-corrected chi connectivity index (χ3v) is 20.4. The van der Waals surface area contributed by atoms with Gasteiger partial charge in [0.1, 0.15) is 19.8 Å². The minimum absolute atomic E-state index is 0.0311. The van der Waals surface area contributed by atoms with Gasteiger partial charge < -0.3 is 18.9 Å². The quantitative estimate of drug-likeness (QED) is 0.0211. The van der Waals surface area contributed by atoms with Gasteiger partial charge in [-0.25, -0.2) is 4.57 Å². The zero-order chi connectivity index (χ0) is 72.5. The molecule has 0 bridgehead atoms. The van der Waals surface area contributed by atoms with E-state index in [0.29, 0.717) is 23.9 Å². The summed E-state index contributed by atoms with van der Waals surface area (Å²) in [7, 11) is 1.49. The number of allylic oxidation sites excluding steroid dienone is 14. The van der Waals surface area contributed by atoms with Gasteiger partial charge in [0, 0.05) is 12.8 Å². The van der Waals surface area contributed by atoms with Crippen LogP contribution >= 0.6 is 7.82 Å². The minimum Gasteiger partial charge on any atom is -0.462 e. The van der Waals surface area contributed by atoms with Gasteiger partial charge in [-0.05, 0) is 70.6 Å². The number of rotatable bonds is 81. The summed E-state index contributed by atoms with van der Waals surface area (Å²) in [5.74, 6) is -0.781. The summed E-state index contributed by atoms with van der Waals surface area (Å²) >= 11 is 0. The third-order valence-electron chi connectivity index (χ3n) is 19.4. The number of likely N-dealkylation sites (N-methyl/N-ethyl adjacent to an activating group) is 1. The summed E-state index contributed by atoms with van der Waals surface area (Å²) in [5.41, 5.74) is 0. The van der Waals surface area contributed by atoms with Crippen LogP contribution in [-0.4, -0.2) is 74.9 Å². The van der Waals surface area contributed by atoms with E-state index in [1.54, 1.807) is 0 Å². The Bertz CT molecular complexity index is 1970. The summed E-state index contributed by atoms with van der Waals surface area (Å²) < 4.78 is 34.9. The number of hydrogen-bond acceptors (Lipinski definition) is 7. The molecule has 0 spiro atoms. The summed E-state index contributed by atoms with van der Waals surface area (Å²) in [6.45, 7) is 4.38. The Balaban J connectivity index is 3.89. The van der Waals surface area contributed by atoms with Crippen molar-refractivity contribution in [3.05, 3.63) is 85.1 Å². The van der Waals surface area contributed by atoms with Gasteiger partial charge in [0.15, 0.2) is 6.10 Å². The highest BCUT2D eigenvalue weighted by Crippen LogP contribution is 2.43. The van der Waals surface area contributed by atoms with Crippen molar-refractivity contribution in [3.63, 3.8) is 0 Å². The van der Waals surface area contributed by atoms with Gasteiger partial charge in [-0.3, -0.25) is 18.6 Å². The highest BCUT2D eigenvalue weighted by atomic mass is 31.2. The SMILES string of the molecule is CC/C=C\C/C=C\C/C=C\C/C=C\C/C=C\C/C=C\C/C=C\CCCCCCCCCCCCCCCC(=O)OC(COC(=O)CCCCCCCCCCCCCCCCCCCCCCCCCCCCCCCCCCCCCCCCCCC)COP(=O)(O)OCC[N+](C)(C)C. The van der Waals surface area contributed by atoms with Crippen LogP contribution in [0.15, 0.2) is 85.1 Å². The van der Waals surface area contributed by atoms with Gasteiger partial charge in [0.05, 0.1) is 27.7 Å². The summed E-state index contributed by atoms with van der Waals surface area (Å²) in [6.07, 6.45) is 112. The molecular weight excluding hydrogens is 1250 g/mol. The molecule has 0 aliphatic rings. The molecule has 0 fully saturated rings. The number of carbonyl (C=O) groups excluding carboxylic acids is 2. The van der Waals surface area contributed by atoms with Crippen molar-refractivity contribution < 1.29 is 42.1 Å². The number of ether oxygens (including phenoxy) is 2. The molecule has 0 saturated heterocycles. The van der Waals surface area contributed by atoms with Crippen LogP contribution in [0, 0.1) is 0 Å². The fourth-order valence-corrected chi connectivity index (χ4v) is 13.6. The van der Waals surface area contributed by atoms with Gasteiger partial charge in [-0.1, -0.05) is 426 Å². The molecule has 9 nitrogen and oxygen atoms in total. The lowest BCUT2D eigenvalue weighted by atomic mass is 10.0. The van der Waals surface area contributed by atoms with Crippen LogP contribution in [0.5, 0.6) is 0 Å². The maximum absolute atomic E-state index is 12.9. The smallest absolute Gasteiger partial charge is 0.462 e. The lowest BCUT2D eigenvalue weighted by Gasteiger charge is -2.24. The maximum Gasteiger partial charge on any atom is 0.472 e. The Kier molecular flexibility index (Phi) is 78.0. The van der Waals surface area contributed by atoms with Crippen LogP contribution in [0.25, 0.3) is 0 Å². The first kappa shape index (κ1) is 97.2. The van der Waals surface area contributed by atoms with E-state index in [4.69, 9.17) is 18.5 Å². The minimum atomic E-state index is -4.40. The second-order valence-corrected chi connectivity index (χ2v) is 32.0. The molecule has 0 aromatic heterocycles. The van der Waals surface area contributed by atoms with Crippen molar-refractivity contribution in [2.45, 2.75) is 431 Å². The lowest BCUT2D eigenvalue weighted by Crippen LogP contribution is -2.37. The molecule has 2 unspecified atom stereocenters. The van der Waals surface area contributed by atoms with E-state index in [1.807, 2.05) is 21.1 Å². The van der Waals surface area contributed by atoms with E-state index < -0.39 is 26.5 Å². The second kappa shape index (κ2) is 80.3. The lowest BCUT2D eigenvalue weighted by molar-refractivity contribution is -0.870. The van der Waals surface area contributed by atoms with E-state index in [-0.39, 0.29) is 25.6 Å². The first-order valence-electron chi connectivity index (χ1n) is 43.3. The van der Waals surface area contributed by atoms with Gasteiger partial charge >= 0.3 is 19.8 Å². The van der Waals surface area contributed by atoms with Crippen molar-refractivity contribution in [2.75, 3.05) is 47.5 Å². The molecule has 0 aromatic carbocycles. The molecule has 0 heterocycles. The fraction of sp³-hybridized carbons (Fsp3) is 0.822. The summed E-state index contributed by atoms with van der Waals surface area (Å²) in [4.78, 5) is 36.0. The molecule has 0 aliphatic carbocycles. The number of carbonyl (C=O) groups is 2. The molecule has 100 heavy (non-hydrogen) atoms. The summed E-state index contributed by atoms with van der Waals surface area (Å²) in [6, 6.07) is 0. The van der Waals surface area contributed by atoms with Gasteiger partial charge in [-0.2, -0.15) is 0 Å². The Morgan fingerprint density at radius 1 is 0.320 bits per heavy atom. The average molecular weight is 1420 g/mol. The molecule has 0 rings (SSSR count). The molecular formula is C90H167NO8P+. The van der Waals surface area contributed by atoms with Crippen molar-refractivity contribution in [3.8, 4) is 0 Å². The number of esters is 2. The van der Waals surface area contributed by atoms with Crippen molar-refractivity contribution >= 4 is 19.8 Å². The monoisotopic (exact) mass is 1420 g/mol. The Morgan fingerprint density at radius 3 is 0.850 bits per heavy atom. The number of quaternary nitrogens is 1. The van der Waals surface area contributed by atoms with Crippen molar-refractivity contribution in [1.82, 2.24) is 0 Å². The molecule has 0 radical (unpaired) electrons. The molecule has 584 valence electrons. The summed E-state index contributed by atoms with van der Waals surface area (Å²) in [5, 5.41) is 0. The average Bonchev–Trinajstić information content (AvgIpc) is 1.65. The van der Waals surface area contributed by atoms with Crippen LogP contribution < -0.4 is 0 Å². The van der Waals surface area contributed by atoms with Crippen LogP contribution in [0.4, 0.5) is 0 Å². The van der Waals surface area contributed by atoms with Crippen molar-refractivity contribution in [2.24, 2.45) is 0 Å². The predicted octanol–water partition coefficient (Wildman–Crippen LogP) is 29.2. The number of phosphoric acid groups is 1. The third kappa shape index (κ3) is 84.1. The first-order valence-corrected chi connectivity index (χ1v) is 44.8. The van der Waals surface area contributed by atoms with E-state index in [2.05, 4.69) is 98.9 Å². The zero-order valence-corrected chi connectivity index (χ0v) is 67.8. The Labute approximate surface area is 621 Å². The highest BCUT2D eigenvalue weighted by Gasteiger charge is 2.27. The van der Waals surface area contributed by atoms with E-state index in [9.17, 15) is 19.0 Å². The normalized spacial score (nSPS) is 13.4. The topological polar surface area (TPSA) is 108 Å². The molecule has 1 N–H and O–H groups in total. The number of hydrogen-bond donors (Lipinski definition) is 1. The molecule has 0 aromatic rings. The Hall–Kier alpha value is -2.81. The van der Waals surface area contributed by atoms with Crippen LogP contribution in [0.2, 0.25) is 0 Å². The fourth-order valence-electron chi connectivity index (χ4n) is 12.9. The molecule has 0 amide bonds. The number of unbranched alkanes of at least 4 members (excludes halogenated alkanes) is 53. The number of nitrogens with zero attached hydrogens (tertiary/aromatic N) is 1. The first-order chi connectivity index (χ1) is 49.0. The second-order valence-electron chi connectivity index (χ2n) is 30.6. The van der Waals surface area contributed by atoms with Crippen LogP contribution in [0.3, 0.4) is 0 Å². The highest BCUT2D eigenvalue weighted by molar-refractivity contribution is 7.47. The molecule has 2 atom stereocenters. The van der Waals surface area contributed by atoms with Gasteiger partial charge in [0.2, 0.25) is 0 Å².